The number of amides is 1. The smallest absolute Gasteiger partial charge is 0.243 e. The van der Waals surface area contributed by atoms with Crippen LogP contribution < -0.4 is 11.1 Å². The van der Waals surface area contributed by atoms with E-state index >= 15 is 0 Å². The molecule has 1 aromatic carbocycles. The van der Waals surface area contributed by atoms with E-state index in [2.05, 4.69) is 15.3 Å². The Balaban J connectivity index is 1.75. The molecule has 0 aliphatic heterocycles. The molecule has 0 saturated heterocycles. The number of aromatic nitrogens is 2. The highest BCUT2D eigenvalue weighted by Gasteiger charge is 2.22. The topological polar surface area (TPSA) is 93.0 Å². The van der Waals surface area contributed by atoms with E-state index in [4.69, 9.17) is 10.5 Å². The van der Waals surface area contributed by atoms with Crippen molar-refractivity contribution in [2.75, 3.05) is 19.0 Å². The molecule has 21 heavy (non-hydrogen) atoms. The van der Waals surface area contributed by atoms with Gasteiger partial charge in [0.2, 0.25) is 5.91 Å². The highest BCUT2D eigenvalue weighted by atomic mass is 16.5. The van der Waals surface area contributed by atoms with Gasteiger partial charge < -0.3 is 20.8 Å². The number of methoxy groups -OCH3 is 1. The summed E-state index contributed by atoms with van der Waals surface area (Å²) in [7, 11) is 1.52. The highest BCUT2D eigenvalue weighted by molar-refractivity contribution is 5.96. The van der Waals surface area contributed by atoms with Crippen LogP contribution in [-0.4, -0.2) is 35.6 Å². The minimum absolute atomic E-state index is 0.198. The molecule has 1 aliphatic rings. The zero-order valence-electron chi connectivity index (χ0n) is 12.1. The van der Waals surface area contributed by atoms with Crippen LogP contribution in [0.2, 0.25) is 0 Å². The van der Waals surface area contributed by atoms with Gasteiger partial charge in [-0.15, -0.1) is 0 Å². The third-order valence-corrected chi connectivity index (χ3v) is 3.94. The van der Waals surface area contributed by atoms with E-state index in [1.165, 1.54) is 26.4 Å². The number of benzene rings is 1. The average Bonchev–Trinajstić information content (AvgIpc) is 2.79. The van der Waals surface area contributed by atoms with Crippen LogP contribution in [0.4, 0.5) is 5.69 Å². The van der Waals surface area contributed by atoms with E-state index < -0.39 is 6.04 Å². The van der Waals surface area contributed by atoms with E-state index in [-0.39, 0.29) is 12.5 Å². The Kier molecular flexibility index (Phi) is 3.90. The minimum atomic E-state index is -0.669. The lowest BCUT2D eigenvalue weighted by Gasteiger charge is -2.22. The van der Waals surface area contributed by atoms with E-state index in [9.17, 15) is 4.79 Å². The minimum Gasteiger partial charge on any atom is -0.383 e. The number of nitrogens with one attached hydrogen (secondary N) is 2. The van der Waals surface area contributed by atoms with Crippen LogP contribution in [0.25, 0.3) is 11.0 Å². The lowest BCUT2D eigenvalue weighted by molar-refractivity contribution is -0.118. The number of nitrogens with zero attached hydrogens (tertiary/aromatic N) is 1. The van der Waals surface area contributed by atoms with Crippen molar-refractivity contribution in [3.63, 3.8) is 0 Å². The van der Waals surface area contributed by atoms with Crippen molar-refractivity contribution >= 4 is 22.6 Å². The molecule has 1 heterocycles. The van der Waals surface area contributed by atoms with Crippen LogP contribution in [0, 0.1) is 0 Å². The molecule has 1 saturated carbocycles. The normalized spacial score (nSPS) is 16.7. The SMILES string of the molecule is COCC(N)C(=O)Nc1ccc2nc(C3CCC3)[nH]c2c1. The fourth-order valence-electron chi connectivity index (χ4n) is 2.47. The zero-order valence-corrected chi connectivity index (χ0v) is 12.1. The first-order valence-corrected chi connectivity index (χ1v) is 7.22. The molecule has 1 fully saturated rings. The number of hydrogen-bond donors (Lipinski definition) is 3. The van der Waals surface area contributed by atoms with Gasteiger partial charge in [-0.2, -0.15) is 0 Å². The van der Waals surface area contributed by atoms with Crippen molar-refractivity contribution in [1.82, 2.24) is 9.97 Å². The van der Waals surface area contributed by atoms with Gasteiger partial charge in [0.15, 0.2) is 0 Å². The first kappa shape index (κ1) is 14.0. The van der Waals surface area contributed by atoms with E-state index in [0.29, 0.717) is 11.6 Å². The summed E-state index contributed by atoms with van der Waals surface area (Å²) in [5.74, 6) is 1.36. The van der Waals surface area contributed by atoms with Gasteiger partial charge in [0.1, 0.15) is 11.9 Å². The molecule has 1 aromatic heterocycles. The predicted molar refractivity (Wildman–Crippen MR) is 81.2 cm³/mol. The summed E-state index contributed by atoms with van der Waals surface area (Å²) >= 11 is 0. The number of imidazole rings is 1. The molecule has 1 amide bonds. The molecule has 1 atom stereocenters. The molecule has 1 aliphatic carbocycles. The number of fused-ring (bicyclic) bond motifs is 1. The van der Waals surface area contributed by atoms with E-state index in [0.717, 1.165) is 16.9 Å². The third kappa shape index (κ3) is 2.91. The molecule has 112 valence electrons. The maximum atomic E-state index is 11.9. The van der Waals surface area contributed by atoms with Crippen molar-refractivity contribution in [2.45, 2.75) is 31.2 Å². The first-order chi connectivity index (χ1) is 10.2. The van der Waals surface area contributed by atoms with Crippen molar-refractivity contribution in [3.05, 3.63) is 24.0 Å². The number of anilines is 1. The molecule has 6 nitrogen and oxygen atoms in total. The van der Waals surface area contributed by atoms with Gasteiger partial charge in [-0.3, -0.25) is 4.79 Å². The molecule has 0 radical (unpaired) electrons. The number of nitrogens with two attached hydrogens (primary N) is 1. The molecule has 4 N–H and O–H groups in total. The summed E-state index contributed by atoms with van der Waals surface area (Å²) in [6, 6.07) is 4.97. The number of hydrogen-bond acceptors (Lipinski definition) is 4. The van der Waals surface area contributed by atoms with E-state index in [1.807, 2.05) is 18.2 Å². The molecule has 6 heteroatoms. The lowest BCUT2D eigenvalue weighted by Crippen LogP contribution is -2.39. The van der Waals surface area contributed by atoms with E-state index in [1.54, 1.807) is 0 Å². The predicted octanol–water partition coefficient (Wildman–Crippen LogP) is 1.74. The fourth-order valence-corrected chi connectivity index (χ4v) is 2.47. The van der Waals surface area contributed by atoms with Crippen LogP contribution >= 0.6 is 0 Å². The number of ether oxygens (including phenoxy) is 1. The van der Waals surface area contributed by atoms with Gasteiger partial charge in [-0.1, -0.05) is 6.42 Å². The quantitative estimate of drug-likeness (QED) is 0.781. The van der Waals surface area contributed by atoms with Crippen molar-refractivity contribution < 1.29 is 9.53 Å². The summed E-state index contributed by atoms with van der Waals surface area (Å²) in [6.45, 7) is 0.198. The second-order valence-corrected chi connectivity index (χ2v) is 5.53. The first-order valence-electron chi connectivity index (χ1n) is 7.22. The summed E-state index contributed by atoms with van der Waals surface area (Å²) < 4.78 is 4.88. The van der Waals surface area contributed by atoms with Crippen LogP contribution in [0.1, 0.15) is 31.0 Å². The maximum absolute atomic E-state index is 11.9. The summed E-state index contributed by atoms with van der Waals surface area (Å²) in [6.07, 6.45) is 3.69. The number of rotatable bonds is 5. The van der Waals surface area contributed by atoms with Gasteiger partial charge >= 0.3 is 0 Å². The van der Waals surface area contributed by atoms with Gasteiger partial charge in [0.05, 0.1) is 17.6 Å². The maximum Gasteiger partial charge on any atom is 0.243 e. The van der Waals surface area contributed by atoms with Crippen LogP contribution in [-0.2, 0) is 9.53 Å². The Morgan fingerprint density at radius 3 is 3.05 bits per heavy atom. The molecule has 3 rings (SSSR count). The van der Waals surface area contributed by atoms with Gasteiger partial charge in [-0.25, -0.2) is 4.98 Å². The lowest BCUT2D eigenvalue weighted by atomic mass is 9.85. The molecule has 0 bridgehead atoms. The summed E-state index contributed by atoms with van der Waals surface area (Å²) in [5, 5.41) is 2.79. The molecular weight excluding hydrogens is 268 g/mol. The van der Waals surface area contributed by atoms with Crippen LogP contribution in [0.5, 0.6) is 0 Å². The third-order valence-electron chi connectivity index (χ3n) is 3.94. The summed E-state index contributed by atoms with van der Waals surface area (Å²) in [5.41, 5.74) is 8.28. The molecule has 1 unspecified atom stereocenters. The van der Waals surface area contributed by atoms with Crippen LogP contribution in [0.15, 0.2) is 18.2 Å². The van der Waals surface area contributed by atoms with Crippen molar-refractivity contribution in [2.24, 2.45) is 5.73 Å². The molecular formula is C15H20N4O2. The van der Waals surface area contributed by atoms with Crippen molar-refractivity contribution in [1.29, 1.82) is 0 Å². The number of carbonyl (C=O) groups is 1. The average molecular weight is 288 g/mol. The number of H-pyrrole nitrogens is 1. The van der Waals surface area contributed by atoms with Crippen molar-refractivity contribution in [3.8, 4) is 0 Å². The largest absolute Gasteiger partial charge is 0.383 e. The number of carbonyl (C=O) groups excluding carboxylic acids is 1. The highest BCUT2D eigenvalue weighted by Crippen LogP contribution is 2.35. The Morgan fingerprint density at radius 2 is 2.38 bits per heavy atom. The second-order valence-electron chi connectivity index (χ2n) is 5.53. The van der Waals surface area contributed by atoms with Crippen LogP contribution in [0.3, 0.4) is 0 Å². The fraction of sp³-hybridized carbons (Fsp3) is 0.467. The second kappa shape index (κ2) is 5.83. The molecule has 0 spiro atoms. The molecule has 2 aromatic rings. The Morgan fingerprint density at radius 1 is 1.57 bits per heavy atom. The number of aromatic amines is 1. The standard InChI is InChI=1S/C15H20N4O2/c1-21-8-11(16)15(20)17-10-5-6-12-13(7-10)19-14(18-12)9-3-2-4-9/h5-7,9,11H,2-4,8,16H2,1H3,(H,17,20)(H,18,19). The van der Waals surface area contributed by atoms with Gasteiger partial charge in [-0.05, 0) is 31.0 Å². The monoisotopic (exact) mass is 288 g/mol. The zero-order chi connectivity index (χ0) is 14.8. The Labute approximate surface area is 123 Å². The summed E-state index contributed by atoms with van der Waals surface area (Å²) in [4.78, 5) is 19.8. The van der Waals surface area contributed by atoms with Gasteiger partial charge in [0, 0.05) is 18.7 Å². The van der Waals surface area contributed by atoms with Gasteiger partial charge in [0.25, 0.3) is 0 Å². The Hall–Kier alpha value is -1.92. The Bertz CT molecular complexity index is 648.